The van der Waals surface area contributed by atoms with Crippen molar-refractivity contribution in [2.24, 2.45) is 0 Å². The molecule has 0 saturated heterocycles. The summed E-state index contributed by atoms with van der Waals surface area (Å²) in [5, 5.41) is 11.9. The summed E-state index contributed by atoms with van der Waals surface area (Å²) in [5.74, 6) is -0.398. The third kappa shape index (κ3) is 4.52. The number of alkyl carbamates (subject to hydrolysis) is 1. The monoisotopic (exact) mass is 417 g/mol. The Labute approximate surface area is 181 Å². The first kappa shape index (κ1) is 20.8. The molecule has 0 heterocycles. The van der Waals surface area contributed by atoms with Gasteiger partial charge in [0.2, 0.25) is 0 Å². The lowest BCUT2D eigenvalue weighted by Crippen LogP contribution is -2.26. The number of hydrogen-bond donors (Lipinski definition) is 2. The average Bonchev–Trinajstić information content (AvgIpc) is 3.12. The van der Waals surface area contributed by atoms with Crippen molar-refractivity contribution in [3.05, 3.63) is 101 Å². The first-order chi connectivity index (χ1) is 15.2. The van der Waals surface area contributed by atoms with Crippen molar-refractivity contribution in [2.45, 2.75) is 18.9 Å². The molecule has 0 spiro atoms. The van der Waals surface area contributed by atoms with Gasteiger partial charge < -0.3 is 15.2 Å². The van der Waals surface area contributed by atoms with Gasteiger partial charge in [0.05, 0.1) is 6.61 Å². The Morgan fingerprint density at radius 2 is 1.68 bits per heavy atom. The van der Waals surface area contributed by atoms with Crippen LogP contribution in [0.4, 0.5) is 9.18 Å². The molecule has 3 aromatic rings. The van der Waals surface area contributed by atoms with Crippen LogP contribution in [0.25, 0.3) is 17.2 Å². The second-order valence-corrected chi connectivity index (χ2v) is 7.42. The maximum absolute atomic E-state index is 14.1. The van der Waals surface area contributed by atoms with Crippen molar-refractivity contribution >= 4 is 12.2 Å². The summed E-state index contributed by atoms with van der Waals surface area (Å²) in [6.45, 7) is 0.320. The van der Waals surface area contributed by atoms with E-state index in [9.17, 15) is 9.18 Å². The molecular weight excluding hydrogens is 393 g/mol. The lowest BCUT2D eigenvalue weighted by Gasteiger charge is -2.14. The number of nitrogens with one attached hydrogen (secondary N) is 1. The van der Waals surface area contributed by atoms with Crippen LogP contribution in [0.2, 0.25) is 0 Å². The van der Waals surface area contributed by atoms with Crippen LogP contribution in [-0.4, -0.2) is 24.4 Å². The molecule has 1 aliphatic carbocycles. The van der Waals surface area contributed by atoms with Gasteiger partial charge >= 0.3 is 6.09 Å². The van der Waals surface area contributed by atoms with Crippen molar-refractivity contribution in [1.82, 2.24) is 5.32 Å². The third-order valence-electron chi connectivity index (χ3n) is 5.50. The van der Waals surface area contributed by atoms with Crippen molar-refractivity contribution in [3.8, 4) is 11.1 Å². The van der Waals surface area contributed by atoms with Crippen molar-refractivity contribution in [1.29, 1.82) is 0 Å². The molecule has 0 radical (unpaired) electrons. The molecule has 0 fully saturated rings. The van der Waals surface area contributed by atoms with Crippen LogP contribution in [0.1, 0.15) is 34.6 Å². The molecule has 4 rings (SSSR count). The second-order valence-electron chi connectivity index (χ2n) is 7.42. The van der Waals surface area contributed by atoms with E-state index in [1.807, 2.05) is 24.3 Å². The van der Waals surface area contributed by atoms with Gasteiger partial charge in [0, 0.05) is 23.6 Å². The van der Waals surface area contributed by atoms with Crippen LogP contribution in [0, 0.1) is 5.82 Å². The van der Waals surface area contributed by atoms with Gasteiger partial charge in [-0.15, -0.1) is 0 Å². The van der Waals surface area contributed by atoms with E-state index in [1.165, 1.54) is 22.3 Å². The highest BCUT2D eigenvalue weighted by Gasteiger charge is 2.28. The molecule has 0 atom stereocenters. The SMILES string of the molecule is O=C(NCCC=Cc1cccc(CO)c1F)OCC1c2ccccc2-c2ccccc21. The van der Waals surface area contributed by atoms with Gasteiger partial charge in [-0.3, -0.25) is 0 Å². The smallest absolute Gasteiger partial charge is 0.407 e. The average molecular weight is 417 g/mol. The van der Waals surface area contributed by atoms with E-state index in [2.05, 4.69) is 29.6 Å². The van der Waals surface area contributed by atoms with Gasteiger partial charge in [0.15, 0.2) is 0 Å². The molecular formula is C26H24FNO3. The Balaban J connectivity index is 1.28. The number of rotatable bonds is 7. The summed E-state index contributed by atoms with van der Waals surface area (Å²) in [6.07, 6.45) is 3.49. The first-order valence-electron chi connectivity index (χ1n) is 10.3. The third-order valence-corrected chi connectivity index (χ3v) is 5.50. The largest absolute Gasteiger partial charge is 0.449 e. The maximum atomic E-state index is 14.1. The summed E-state index contributed by atoms with van der Waals surface area (Å²) >= 11 is 0. The zero-order valence-electron chi connectivity index (χ0n) is 17.1. The number of aliphatic hydroxyl groups is 1. The molecule has 4 nitrogen and oxygen atoms in total. The van der Waals surface area contributed by atoms with Gasteiger partial charge in [-0.2, -0.15) is 0 Å². The Bertz CT molecular complexity index is 1060. The number of hydrogen-bond acceptors (Lipinski definition) is 3. The van der Waals surface area contributed by atoms with Gasteiger partial charge in [-0.25, -0.2) is 9.18 Å². The lowest BCUT2D eigenvalue weighted by atomic mass is 9.98. The molecule has 0 saturated carbocycles. The Morgan fingerprint density at radius 1 is 1.00 bits per heavy atom. The van der Waals surface area contributed by atoms with Crippen LogP contribution < -0.4 is 5.32 Å². The molecule has 1 aliphatic rings. The summed E-state index contributed by atoms with van der Waals surface area (Å²) in [5.41, 5.74) is 5.40. The number of benzene rings is 3. The molecule has 31 heavy (non-hydrogen) atoms. The van der Waals surface area contributed by atoms with E-state index in [1.54, 1.807) is 30.4 Å². The highest BCUT2D eigenvalue weighted by Crippen LogP contribution is 2.44. The zero-order valence-corrected chi connectivity index (χ0v) is 17.1. The first-order valence-corrected chi connectivity index (χ1v) is 10.3. The maximum Gasteiger partial charge on any atom is 0.407 e. The molecule has 0 aliphatic heterocycles. The lowest BCUT2D eigenvalue weighted by molar-refractivity contribution is 0.143. The minimum atomic E-state index is -0.469. The molecule has 0 bridgehead atoms. The molecule has 0 aromatic heterocycles. The summed E-state index contributed by atoms with van der Waals surface area (Å²) in [6, 6.07) is 21.3. The fourth-order valence-corrected chi connectivity index (χ4v) is 3.97. The van der Waals surface area contributed by atoms with Gasteiger partial charge in [0.25, 0.3) is 0 Å². The second kappa shape index (κ2) is 9.58. The van der Waals surface area contributed by atoms with Gasteiger partial charge in [-0.05, 0) is 28.7 Å². The van der Waals surface area contributed by atoms with Gasteiger partial charge in [-0.1, -0.05) is 78.9 Å². The predicted molar refractivity (Wildman–Crippen MR) is 119 cm³/mol. The van der Waals surface area contributed by atoms with E-state index in [0.717, 1.165) is 0 Å². The number of amides is 1. The highest BCUT2D eigenvalue weighted by atomic mass is 19.1. The predicted octanol–water partition coefficient (Wildman–Crippen LogP) is 5.26. The number of halogens is 1. The fourth-order valence-electron chi connectivity index (χ4n) is 3.97. The molecule has 2 N–H and O–H groups in total. The van der Waals surface area contributed by atoms with Crippen molar-refractivity contribution in [2.75, 3.05) is 13.2 Å². The van der Waals surface area contributed by atoms with E-state index in [-0.39, 0.29) is 24.7 Å². The molecule has 158 valence electrons. The number of carbonyl (C=O) groups excluding carboxylic acids is 1. The quantitative estimate of drug-likeness (QED) is 0.516. The molecule has 5 heteroatoms. The van der Waals surface area contributed by atoms with Crippen molar-refractivity contribution in [3.63, 3.8) is 0 Å². The van der Waals surface area contributed by atoms with Gasteiger partial charge in [0.1, 0.15) is 12.4 Å². The molecule has 1 amide bonds. The van der Waals surface area contributed by atoms with Crippen molar-refractivity contribution < 1.29 is 19.0 Å². The Kier molecular flexibility index (Phi) is 6.43. The molecule has 3 aromatic carbocycles. The number of fused-ring (bicyclic) bond motifs is 3. The topological polar surface area (TPSA) is 58.6 Å². The zero-order chi connectivity index (χ0) is 21.6. The normalized spacial score (nSPS) is 12.6. The summed E-state index contributed by atoms with van der Waals surface area (Å²) in [4.78, 5) is 12.1. The number of aliphatic hydroxyl groups excluding tert-OH is 1. The van der Waals surface area contributed by atoms with Crippen LogP contribution >= 0.6 is 0 Å². The molecule has 0 unspecified atom stereocenters. The minimum Gasteiger partial charge on any atom is -0.449 e. The Morgan fingerprint density at radius 3 is 2.35 bits per heavy atom. The van der Waals surface area contributed by atoms with E-state index < -0.39 is 11.9 Å². The summed E-state index contributed by atoms with van der Waals surface area (Å²) < 4.78 is 19.6. The standard InChI is InChI=1S/C26H24FNO3/c27-25-18(9-7-10-19(25)16-29)8-5-6-15-28-26(30)31-17-24-22-13-3-1-11-20(22)21-12-2-4-14-23(21)24/h1-5,7-14,24,29H,6,15-17H2,(H,28,30). The van der Waals surface area contributed by atoms with Crippen LogP contribution in [0.3, 0.4) is 0 Å². The number of carbonyl (C=O) groups is 1. The Hall–Kier alpha value is -3.44. The van der Waals surface area contributed by atoms with E-state index in [0.29, 0.717) is 18.5 Å². The van der Waals surface area contributed by atoms with E-state index >= 15 is 0 Å². The van der Waals surface area contributed by atoms with Crippen LogP contribution in [0.15, 0.2) is 72.8 Å². The van der Waals surface area contributed by atoms with E-state index in [4.69, 9.17) is 9.84 Å². The summed E-state index contributed by atoms with van der Waals surface area (Å²) in [7, 11) is 0. The number of ether oxygens (including phenoxy) is 1. The minimum absolute atomic E-state index is 0.0276. The van der Waals surface area contributed by atoms with Crippen LogP contribution in [-0.2, 0) is 11.3 Å². The van der Waals surface area contributed by atoms with Crippen LogP contribution in [0.5, 0.6) is 0 Å². The highest BCUT2D eigenvalue weighted by molar-refractivity contribution is 5.79. The fraction of sp³-hybridized carbons (Fsp3) is 0.192.